The summed E-state index contributed by atoms with van der Waals surface area (Å²) in [6.07, 6.45) is -4.51. The summed E-state index contributed by atoms with van der Waals surface area (Å²) in [6.45, 7) is -0.00631. The van der Waals surface area contributed by atoms with Gasteiger partial charge < -0.3 is 11.1 Å². The van der Waals surface area contributed by atoms with Crippen molar-refractivity contribution in [1.29, 1.82) is 0 Å². The first kappa shape index (κ1) is 21.3. The van der Waals surface area contributed by atoms with Crippen LogP contribution in [-0.4, -0.2) is 33.5 Å². The van der Waals surface area contributed by atoms with Crippen molar-refractivity contribution in [1.82, 2.24) is 20.3 Å². The van der Waals surface area contributed by atoms with Crippen LogP contribution < -0.4 is 11.1 Å². The number of hydrogen-bond acceptors (Lipinski definition) is 5. The van der Waals surface area contributed by atoms with Gasteiger partial charge in [0, 0.05) is 30.6 Å². The molecule has 3 rings (SSSR count). The lowest BCUT2D eigenvalue weighted by molar-refractivity contribution is -0.138. The highest BCUT2D eigenvalue weighted by Gasteiger charge is 2.33. The van der Waals surface area contributed by atoms with E-state index in [4.69, 9.17) is 17.3 Å². The van der Waals surface area contributed by atoms with E-state index < -0.39 is 23.7 Å². The maximum absolute atomic E-state index is 13.2. The molecule has 11 heteroatoms. The van der Waals surface area contributed by atoms with Gasteiger partial charge in [0.25, 0.3) is 5.91 Å². The van der Waals surface area contributed by atoms with Gasteiger partial charge in [0.1, 0.15) is 5.69 Å². The van der Waals surface area contributed by atoms with Crippen LogP contribution in [0.15, 0.2) is 35.7 Å². The number of aryl methyl sites for hydroxylation is 1. The number of rotatable bonds is 6. The number of alkyl halides is 3. The van der Waals surface area contributed by atoms with E-state index in [0.29, 0.717) is 16.1 Å². The molecule has 0 fully saturated rings. The Bertz CT molecular complexity index is 998. The van der Waals surface area contributed by atoms with Crippen LogP contribution in [0.2, 0.25) is 5.15 Å². The second kappa shape index (κ2) is 8.52. The Labute approximate surface area is 173 Å². The van der Waals surface area contributed by atoms with Gasteiger partial charge in [-0.1, -0.05) is 35.0 Å². The van der Waals surface area contributed by atoms with E-state index in [-0.39, 0.29) is 23.7 Å². The molecule has 0 bridgehead atoms. The molecule has 3 N–H and O–H groups in total. The molecule has 0 radical (unpaired) electrons. The van der Waals surface area contributed by atoms with Crippen LogP contribution in [0.5, 0.6) is 0 Å². The Hall–Kier alpha value is -2.43. The lowest BCUT2D eigenvalue weighted by Crippen LogP contribution is -2.41. The smallest absolute Gasteiger partial charge is 0.347 e. The molecule has 1 amide bonds. The van der Waals surface area contributed by atoms with Gasteiger partial charge in [-0.25, -0.2) is 4.68 Å². The number of halogens is 4. The molecule has 6 nitrogen and oxygen atoms in total. The molecule has 0 aliphatic rings. The molecule has 3 aromatic rings. The minimum atomic E-state index is -4.47. The van der Waals surface area contributed by atoms with Crippen molar-refractivity contribution in [2.24, 2.45) is 12.8 Å². The average molecular weight is 444 g/mol. The predicted molar refractivity (Wildman–Crippen MR) is 105 cm³/mol. The van der Waals surface area contributed by atoms with Gasteiger partial charge in [-0.15, -0.1) is 16.4 Å². The summed E-state index contributed by atoms with van der Waals surface area (Å²) in [7, 11) is 1.67. The predicted octanol–water partition coefficient (Wildman–Crippen LogP) is 3.52. The minimum absolute atomic E-state index is 0.00631. The number of carbonyl (C=O) groups is 1. The van der Waals surface area contributed by atoms with Crippen molar-refractivity contribution in [3.63, 3.8) is 0 Å². The lowest BCUT2D eigenvalue weighted by Gasteiger charge is -2.19. The first-order chi connectivity index (χ1) is 13.7. The summed E-state index contributed by atoms with van der Waals surface area (Å²) in [5, 5.41) is 12.2. The Morgan fingerprint density at radius 2 is 2.10 bits per heavy atom. The van der Waals surface area contributed by atoms with Crippen molar-refractivity contribution >= 4 is 28.8 Å². The van der Waals surface area contributed by atoms with Crippen molar-refractivity contribution in [3.05, 3.63) is 56.9 Å². The van der Waals surface area contributed by atoms with Crippen molar-refractivity contribution in [2.45, 2.75) is 18.6 Å². The molecule has 0 unspecified atom stereocenters. The first-order valence-corrected chi connectivity index (χ1v) is 9.76. The molecule has 0 saturated heterocycles. The zero-order valence-corrected chi connectivity index (χ0v) is 16.8. The highest BCUT2D eigenvalue weighted by atomic mass is 35.5. The number of benzene rings is 1. The minimum Gasteiger partial charge on any atom is -0.347 e. The van der Waals surface area contributed by atoms with Crippen LogP contribution in [0.25, 0.3) is 11.3 Å². The highest BCUT2D eigenvalue weighted by Crippen LogP contribution is 2.32. The molecule has 154 valence electrons. The van der Waals surface area contributed by atoms with E-state index >= 15 is 0 Å². The van der Waals surface area contributed by atoms with Crippen LogP contribution in [-0.2, 0) is 19.6 Å². The van der Waals surface area contributed by atoms with Gasteiger partial charge in [0.2, 0.25) is 0 Å². The standard InChI is InChI=1S/C18H17ClF3N5OS/c1-27-15(16(19)25-26-27)11-7-14(29-9-11)17(28)24-12(8-23)6-10-4-2-3-5-13(10)18(20,21)22/h2-5,7,9,12H,6,8,23H2,1H3,(H,24,28)/t12-/m0/s1. The molecule has 0 saturated carbocycles. The zero-order chi connectivity index (χ0) is 21.2. The monoisotopic (exact) mass is 443 g/mol. The van der Waals surface area contributed by atoms with Gasteiger partial charge >= 0.3 is 6.18 Å². The number of thiophene rings is 1. The first-order valence-electron chi connectivity index (χ1n) is 8.50. The zero-order valence-electron chi connectivity index (χ0n) is 15.2. The summed E-state index contributed by atoms with van der Waals surface area (Å²) in [5.41, 5.74) is 6.28. The van der Waals surface area contributed by atoms with Crippen LogP contribution in [0.3, 0.4) is 0 Å². The molecule has 2 aromatic heterocycles. The fourth-order valence-electron chi connectivity index (χ4n) is 2.91. The van der Waals surface area contributed by atoms with Crippen molar-refractivity contribution in [2.75, 3.05) is 6.54 Å². The number of aromatic nitrogens is 3. The molecule has 0 aliphatic carbocycles. The second-order valence-corrected chi connectivity index (χ2v) is 7.59. The maximum Gasteiger partial charge on any atom is 0.416 e. The van der Waals surface area contributed by atoms with Crippen molar-refractivity contribution in [3.8, 4) is 11.3 Å². The van der Waals surface area contributed by atoms with Gasteiger partial charge in [-0.3, -0.25) is 4.79 Å². The Balaban J connectivity index is 1.75. The fourth-order valence-corrected chi connectivity index (χ4v) is 3.97. The van der Waals surface area contributed by atoms with E-state index in [2.05, 4.69) is 15.6 Å². The molecular weight excluding hydrogens is 427 g/mol. The molecule has 1 atom stereocenters. The second-order valence-electron chi connectivity index (χ2n) is 6.32. The molecule has 0 aliphatic heterocycles. The van der Waals surface area contributed by atoms with Gasteiger partial charge in [0.15, 0.2) is 5.15 Å². The quantitative estimate of drug-likeness (QED) is 0.610. The fraction of sp³-hybridized carbons (Fsp3) is 0.278. The highest BCUT2D eigenvalue weighted by molar-refractivity contribution is 7.12. The number of nitrogens with one attached hydrogen (secondary N) is 1. The molecular formula is C18H17ClF3N5OS. The van der Waals surface area contributed by atoms with E-state index in [1.807, 2.05) is 0 Å². The SMILES string of the molecule is Cn1nnc(Cl)c1-c1csc(C(=O)N[C@H](CN)Cc2ccccc2C(F)(F)F)c1. The number of hydrogen-bond donors (Lipinski definition) is 2. The van der Waals surface area contributed by atoms with Crippen LogP contribution in [0, 0.1) is 0 Å². The molecule has 29 heavy (non-hydrogen) atoms. The summed E-state index contributed by atoms with van der Waals surface area (Å²) in [4.78, 5) is 13.0. The lowest BCUT2D eigenvalue weighted by atomic mass is 9.99. The van der Waals surface area contributed by atoms with Gasteiger partial charge in [-0.2, -0.15) is 13.2 Å². The third-order valence-electron chi connectivity index (χ3n) is 4.29. The number of nitrogens with zero attached hydrogens (tertiary/aromatic N) is 3. The van der Waals surface area contributed by atoms with E-state index in [0.717, 1.165) is 6.07 Å². The van der Waals surface area contributed by atoms with Crippen molar-refractivity contribution < 1.29 is 18.0 Å². The third-order valence-corrected chi connectivity index (χ3v) is 5.47. The topological polar surface area (TPSA) is 85.8 Å². The van der Waals surface area contributed by atoms with Gasteiger partial charge in [-0.05, 0) is 24.1 Å². The molecule has 2 heterocycles. The van der Waals surface area contributed by atoms with E-state index in [1.165, 1.54) is 34.2 Å². The van der Waals surface area contributed by atoms with Crippen LogP contribution >= 0.6 is 22.9 Å². The Morgan fingerprint density at radius 1 is 1.38 bits per heavy atom. The molecule has 1 aromatic carbocycles. The van der Waals surface area contributed by atoms with Gasteiger partial charge in [0.05, 0.1) is 10.4 Å². The summed E-state index contributed by atoms with van der Waals surface area (Å²) < 4.78 is 41.1. The molecule has 0 spiro atoms. The average Bonchev–Trinajstić information content (AvgIpc) is 3.27. The summed E-state index contributed by atoms with van der Waals surface area (Å²) >= 11 is 7.20. The Morgan fingerprint density at radius 3 is 2.72 bits per heavy atom. The van der Waals surface area contributed by atoms with Crippen LogP contribution in [0.4, 0.5) is 13.2 Å². The third kappa shape index (κ3) is 4.77. The number of nitrogens with two attached hydrogens (primary N) is 1. The maximum atomic E-state index is 13.2. The normalized spacial score (nSPS) is 12.8. The number of carbonyl (C=O) groups excluding carboxylic acids is 1. The largest absolute Gasteiger partial charge is 0.416 e. The number of amides is 1. The van der Waals surface area contributed by atoms with E-state index in [9.17, 15) is 18.0 Å². The van der Waals surface area contributed by atoms with Crippen LogP contribution in [0.1, 0.15) is 20.8 Å². The summed E-state index contributed by atoms with van der Waals surface area (Å²) in [5.74, 6) is -0.424. The van der Waals surface area contributed by atoms with E-state index in [1.54, 1.807) is 18.5 Å². The Kier molecular flexibility index (Phi) is 6.25. The summed E-state index contributed by atoms with van der Waals surface area (Å²) in [6, 6.07) is 6.23.